The number of unbranched alkanes of at least 4 members (excludes halogenated alkanes) is 4. The Bertz CT molecular complexity index is 99.1. The Morgan fingerprint density at radius 2 is 1.67 bits per heavy atom. The first kappa shape index (κ1) is 18.7. The summed E-state index contributed by atoms with van der Waals surface area (Å²) in [6.45, 7) is 2.15. The minimum Gasteiger partial charge on any atom is -0.481 e. The summed E-state index contributed by atoms with van der Waals surface area (Å²) in [5.74, 6) is -0.670. The minimum atomic E-state index is -0.670. The maximum absolute atomic E-state index is 10.0. The molecule has 0 radical (unpaired) electrons. The fraction of sp³-hybridized carbons (Fsp3) is 0.875. The predicted molar refractivity (Wildman–Crippen MR) is 49.6 cm³/mol. The molecule has 12 heavy (non-hydrogen) atoms. The van der Waals surface area contributed by atoms with Crippen LogP contribution in [0.1, 0.15) is 45.4 Å². The van der Waals surface area contributed by atoms with Crippen LogP contribution in [0.2, 0.25) is 0 Å². The van der Waals surface area contributed by atoms with Crippen LogP contribution in [-0.4, -0.2) is 34.1 Å². The van der Waals surface area contributed by atoms with Gasteiger partial charge >= 0.3 is 29.0 Å². The number of aliphatic carboxylic acids is 1. The van der Waals surface area contributed by atoms with Gasteiger partial charge in [0.05, 0.1) is 0 Å². The molecule has 0 saturated carbocycles. The molecular weight excluding hydrogens is 200 g/mol. The third-order valence-corrected chi connectivity index (χ3v) is 1.49. The fourth-order valence-corrected chi connectivity index (χ4v) is 0.880. The van der Waals surface area contributed by atoms with Crippen LogP contribution in [0.5, 0.6) is 0 Å². The number of hydrogen-bond acceptors (Lipinski definition) is 1. The van der Waals surface area contributed by atoms with Gasteiger partial charge in [-0.05, 0) is 6.42 Å². The zero-order valence-corrected chi connectivity index (χ0v) is 8.66. The molecule has 0 fully saturated rings. The van der Waals surface area contributed by atoms with Crippen molar-refractivity contribution in [1.29, 1.82) is 0 Å². The van der Waals surface area contributed by atoms with Crippen molar-refractivity contribution in [3.63, 3.8) is 0 Å². The van der Waals surface area contributed by atoms with Crippen molar-refractivity contribution in [3.8, 4) is 0 Å². The summed E-state index contributed by atoms with van der Waals surface area (Å²) in [4.78, 5) is 10.0. The molecule has 4 heteroatoms. The fourth-order valence-electron chi connectivity index (χ4n) is 0.880. The number of hydrogen-bond donors (Lipinski definition) is 1. The van der Waals surface area contributed by atoms with Gasteiger partial charge in [0, 0.05) is 28.1 Å². The standard InChI is InChI=1S/C8H16O2.Mg.Ti.2H/c1-2-3-4-5-6-7-8(9)10;;;;/h2-7H2,1H3,(H,9,10);;;;. The molecule has 0 unspecified atom stereocenters. The summed E-state index contributed by atoms with van der Waals surface area (Å²) < 4.78 is 0. The molecule has 0 amide bonds. The van der Waals surface area contributed by atoms with Gasteiger partial charge < -0.3 is 5.11 Å². The van der Waals surface area contributed by atoms with E-state index in [1.807, 2.05) is 0 Å². The van der Waals surface area contributed by atoms with Crippen LogP contribution in [0.4, 0.5) is 0 Å². The summed E-state index contributed by atoms with van der Waals surface area (Å²) in [6.07, 6.45) is 5.88. The number of rotatable bonds is 6. The molecule has 0 aliphatic carbocycles. The van der Waals surface area contributed by atoms with Crippen LogP contribution in [0, 0.1) is 0 Å². The van der Waals surface area contributed by atoms with E-state index in [-0.39, 0.29) is 44.8 Å². The zero-order chi connectivity index (χ0) is 7.82. The summed E-state index contributed by atoms with van der Waals surface area (Å²) in [7, 11) is 0. The van der Waals surface area contributed by atoms with Gasteiger partial charge in [0.2, 0.25) is 0 Å². The maximum atomic E-state index is 10.0. The molecule has 68 valence electrons. The quantitative estimate of drug-likeness (QED) is 0.542. The van der Waals surface area contributed by atoms with Gasteiger partial charge in [-0.15, -0.1) is 0 Å². The molecule has 0 aromatic rings. The first-order chi connectivity index (χ1) is 4.77. The molecule has 0 heterocycles. The van der Waals surface area contributed by atoms with Crippen LogP contribution >= 0.6 is 0 Å². The van der Waals surface area contributed by atoms with Gasteiger partial charge in [-0.3, -0.25) is 4.79 Å². The second-order valence-corrected chi connectivity index (χ2v) is 2.56. The first-order valence-electron chi connectivity index (χ1n) is 3.99. The van der Waals surface area contributed by atoms with E-state index in [1.54, 1.807) is 0 Å². The second kappa shape index (κ2) is 14.5. The molecule has 0 rings (SSSR count). The van der Waals surface area contributed by atoms with Crippen molar-refractivity contribution in [2.75, 3.05) is 0 Å². The molecule has 0 aliphatic heterocycles. The van der Waals surface area contributed by atoms with Crippen molar-refractivity contribution < 1.29 is 31.6 Å². The van der Waals surface area contributed by atoms with Gasteiger partial charge in [0.15, 0.2) is 0 Å². The van der Waals surface area contributed by atoms with E-state index in [2.05, 4.69) is 6.92 Å². The third-order valence-electron chi connectivity index (χ3n) is 1.49. The van der Waals surface area contributed by atoms with E-state index in [1.165, 1.54) is 19.3 Å². The Morgan fingerprint density at radius 1 is 1.17 bits per heavy atom. The normalized spacial score (nSPS) is 8.08. The summed E-state index contributed by atoms with van der Waals surface area (Å²) in [5, 5.41) is 8.27. The summed E-state index contributed by atoms with van der Waals surface area (Å²) in [5.41, 5.74) is 0. The molecule has 0 saturated heterocycles. The van der Waals surface area contributed by atoms with E-state index >= 15 is 0 Å². The number of carboxylic acids is 1. The average Bonchev–Trinajstić information content (AvgIpc) is 1.87. The van der Waals surface area contributed by atoms with Crippen LogP contribution in [0.3, 0.4) is 0 Å². The Balaban J connectivity index is -0.000000405. The van der Waals surface area contributed by atoms with E-state index in [0.717, 1.165) is 12.8 Å². The minimum absolute atomic E-state index is 0. The maximum Gasteiger partial charge on any atom is 0.316 e. The number of carbonyl (C=O) groups is 1. The van der Waals surface area contributed by atoms with Crippen LogP contribution in [0.25, 0.3) is 0 Å². The van der Waals surface area contributed by atoms with Crippen molar-refractivity contribution >= 4 is 29.0 Å². The van der Waals surface area contributed by atoms with Gasteiger partial charge in [-0.25, -0.2) is 0 Å². The van der Waals surface area contributed by atoms with E-state index in [9.17, 15) is 4.79 Å². The second-order valence-electron chi connectivity index (χ2n) is 2.56. The number of carboxylic acid groups (broad SMARTS) is 1. The Labute approximate surface area is 106 Å². The molecule has 0 aliphatic rings. The van der Waals surface area contributed by atoms with Crippen molar-refractivity contribution in [2.45, 2.75) is 45.4 Å². The van der Waals surface area contributed by atoms with Crippen molar-refractivity contribution in [2.24, 2.45) is 0 Å². The van der Waals surface area contributed by atoms with Gasteiger partial charge in [-0.2, -0.15) is 0 Å². The molecule has 0 aromatic heterocycles. The molecule has 0 bridgehead atoms. The van der Waals surface area contributed by atoms with Crippen molar-refractivity contribution in [1.82, 2.24) is 0 Å². The average molecular weight is 218 g/mol. The molecule has 2 nitrogen and oxygen atoms in total. The molecular formula is C8H18MgO2Ti. The van der Waals surface area contributed by atoms with E-state index in [0.29, 0.717) is 6.42 Å². The zero-order valence-electron chi connectivity index (χ0n) is 7.10. The van der Waals surface area contributed by atoms with Gasteiger partial charge in [0.25, 0.3) is 0 Å². The van der Waals surface area contributed by atoms with Crippen LogP contribution in [-0.2, 0) is 26.5 Å². The van der Waals surface area contributed by atoms with Gasteiger partial charge in [0.1, 0.15) is 0 Å². The monoisotopic (exact) mass is 218 g/mol. The van der Waals surface area contributed by atoms with Crippen LogP contribution < -0.4 is 0 Å². The molecule has 1 N–H and O–H groups in total. The SMILES string of the molecule is CCCCCCCC(=O)O.[MgH2].[Ti]. The third kappa shape index (κ3) is 17.2. The summed E-state index contributed by atoms with van der Waals surface area (Å²) >= 11 is 0. The van der Waals surface area contributed by atoms with Gasteiger partial charge in [-0.1, -0.05) is 32.6 Å². The van der Waals surface area contributed by atoms with E-state index in [4.69, 9.17) is 5.11 Å². The molecule has 0 aromatic carbocycles. The Hall–Kier alpha value is 0.951. The molecule has 0 spiro atoms. The smallest absolute Gasteiger partial charge is 0.316 e. The Kier molecular flexibility index (Phi) is 22.5. The largest absolute Gasteiger partial charge is 0.481 e. The van der Waals surface area contributed by atoms with Crippen molar-refractivity contribution in [3.05, 3.63) is 0 Å². The molecule has 0 atom stereocenters. The summed E-state index contributed by atoms with van der Waals surface area (Å²) in [6, 6.07) is 0. The Morgan fingerprint density at radius 3 is 2.08 bits per heavy atom. The first-order valence-corrected chi connectivity index (χ1v) is 3.99. The topological polar surface area (TPSA) is 37.3 Å². The predicted octanol–water partition coefficient (Wildman–Crippen LogP) is 1.51. The van der Waals surface area contributed by atoms with Crippen LogP contribution in [0.15, 0.2) is 0 Å². The van der Waals surface area contributed by atoms with E-state index < -0.39 is 5.97 Å².